The topological polar surface area (TPSA) is 96.5 Å². The summed E-state index contributed by atoms with van der Waals surface area (Å²) in [6.07, 6.45) is -8.79. The van der Waals surface area contributed by atoms with Crippen LogP contribution in [-0.4, -0.2) is 42.4 Å². The third-order valence-corrected chi connectivity index (χ3v) is 8.09. The van der Waals surface area contributed by atoms with Crippen molar-refractivity contribution in [1.29, 1.82) is 0 Å². The van der Waals surface area contributed by atoms with E-state index in [1.54, 1.807) is 18.2 Å². The molecule has 15 heteroatoms. The van der Waals surface area contributed by atoms with Gasteiger partial charge in [0.1, 0.15) is 17.3 Å². The van der Waals surface area contributed by atoms with Crippen LogP contribution >= 0.6 is 0 Å². The van der Waals surface area contributed by atoms with E-state index in [0.717, 1.165) is 18.3 Å². The van der Waals surface area contributed by atoms with Crippen molar-refractivity contribution >= 4 is 9.84 Å². The first-order chi connectivity index (χ1) is 21.1. The standard InChI is InChI=1S/C30H23F6N3O5S/c1-17-37-26(29(31,32)33)15-39(17)25-12-9-21(20-5-4-6-23(13-20)45(40,41)16-42-3)14-24(25)27-28(43-18(2)38-27)19-7-10-22(11-8-19)44-30(34,35)36/h4-15H,16H2,1-3H3. The molecule has 45 heavy (non-hydrogen) atoms. The molecule has 2 heterocycles. The van der Waals surface area contributed by atoms with Crippen LogP contribution in [0.4, 0.5) is 26.3 Å². The molecule has 3 aromatic carbocycles. The lowest BCUT2D eigenvalue weighted by Crippen LogP contribution is -2.16. The number of rotatable bonds is 8. The van der Waals surface area contributed by atoms with Gasteiger partial charge in [-0.1, -0.05) is 18.2 Å². The van der Waals surface area contributed by atoms with E-state index in [9.17, 15) is 34.8 Å². The number of methoxy groups -OCH3 is 1. The summed E-state index contributed by atoms with van der Waals surface area (Å²) in [7, 11) is -2.52. The summed E-state index contributed by atoms with van der Waals surface area (Å²) in [6, 6.07) is 15.6. The number of alkyl halides is 6. The Balaban J connectivity index is 1.71. The van der Waals surface area contributed by atoms with Gasteiger partial charge in [0.2, 0.25) is 9.84 Å². The lowest BCUT2D eigenvalue weighted by Gasteiger charge is -2.15. The van der Waals surface area contributed by atoms with Crippen molar-refractivity contribution in [3.8, 4) is 45.1 Å². The normalized spacial score (nSPS) is 12.5. The van der Waals surface area contributed by atoms with Gasteiger partial charge in [0.15, 0.2) is 23.3 Å². The van der Waals surface area contributed by atoms with E-state index in [4.69, 9.17) is 9.15 Å². The number of aryl methyl sites for hydroxylation is 2. The molecule has 0 amide bonds. The number of benzene rings is 3. The highest BCUT2D eigenvalue weighted by molar-refractivity contribution is 7.91. The summed E-state index contributed by atoms with van der Waals surface area (Å²) in [4.78, 5) is 8.14. The molecule has 0 fully saturated rings. The minimum Gasteiger partial charge on any atom is -0.440 e. The van der Waals surface area contributed by atoms with Crippen LogP contribution in [0.3, 0.4) is 0 Å². The Hall–Kier alpha value is -4.63. The lowest BCUT2D eigenvalue weighted by atomic mass is 9.98. The molecule has 0 aliphatic carbocycles. The molecule has 0 unspecified atom stereocenters. The highest BCUT2D eigenvalue weighted by atomic mass is 32.2. The molecule has 5 aromatic rings. The van der Waals surface area contributed by atoms with Crippen molar-refractivity contribution < 1.29 is 48.7 Å². The Morgan fingerprint density at radius 2 is 1.53 bits per heavy atom. The SMILES string of the molecule is COCS(=O)(=O)c1cccc(-c2ccc(-n3cc(C(F)(F)F)nc3C)c(-c3nc(C)oc3-c3ccc(OC(F)(F)F)cc3)c2)c1. The van der Waals surface area contributed by atoms with Crippen LogP contribution in [0, 0.1) is 13.8 Å². The van der Waals surface area contributed by atoms with Gasteiger partial charge in [-0.25, -0.2) is 18.4 Å². The molecule has 8 nitrogen and oxygen atoms in total. The number of halogens is 6. The number of aromatic nitrogens is 3. The first-order valence-corrected chi connectivity index (χ1v) is 14.6. The van der Waals surface area contributed by atoms with Gasteiger partial charge in [-0.15, -0.1) is 13.2 Å². The van der Waals surface area contributed by atoms with Crippen molar-refractivity contribution in [2.75, 3.05) is 13.0 Å². The summed E-state index contributed by atoms with van der Waals surface area (Å²) in [5.41, 5.74) is 0.804. The van der Waals surface area contributed by atoms with Gasteiger partial charge >= 0.3 is 12.5 Å². The fraction of sp³-hybridized carbons (Fsp3) is 0.200. The number of ether oxygens (including phenoxy) is 2. The Morgan fingerprint density at radius 1 is 0.867 bits per heavy atom. The van der Waals surface area contributed by atoms with Gasteiger partial charge in [0.25, 0.3) is 0 Å². The molecule has 0 bridgehead atoms. The Kier molecular flexibility index (Phi) is 8.27. The molecule has 0 aliphatic rings. The van der Waals surface area contributed by atoms with Crippen LogP contribution in [-0.2, 0) is 20.8 Å². The third-order valence-electron chi connectivity index (χ3n) is 6.57. The molecule has 236 valence electrons. The van der Waals surface area contributed by atoms with Crippen LogP contribution in [0.1, 0.15) is 17.4 Å². The second-order valence-electron chi connectivity index (χ2n) is 9.80. The minimum absolute atomic E-state index is 0.00751. The zero-order chi connectivity index (χ0) is 32.7. The monoisotopic (exact) mass is 651 g/mol. The molecule has 0 radical (unpaired) electrons. The predicted molar refractivity (Wildman–Crippen MR) is 150 cm³/mol. The van der Waals surface area contributed by atoms with E-state index in [1.165, 1.54) is 61.9 Å². The predicted octanol–water partition coefficient (Wildman–Crippen LogP) is 7.77. The lowest BCUT2D eigenvalue weighted by molar-refractivity contribution is -0.274. The fourth-order valence-electron chi connectivity index (χ4n) is 4.67. The van der Waals surface area contributed by atoms with Crippen molar-refractivity contribution in [2.45, 2.75) is 31.3 Å². The number of sulfone groups is 1. The highest BCUT2D eigenvalue weighted by Gasteiger charge is 2.35. The van der Waals surface area contributed by atoms with Gasteiger partial charge in [-0.3, -0.25) is 0 Å². The second-order valence-corrected chi connectivity index (χ2v) is 11.7. The number of oxazole rings is 1. The molecule has 2 aromatic heterocycles. The summed E-state index contributed by atoms with van der Waals surface area (Å²) < 4.78 is 120. The van der Waals surface area contributed by atoms with Crippen LogP contribution in [0.15, 0.2) is 82.2 Å². The highest BCUT2D eigenvalue weighted by Crippen LogP contribution is 2.40. The van der Waals surface area contributed by atoms with Crippen LogP contribution in [0.5, 0.6) is 5.75 Å². The Morgan fingerprint density at radius 3 is 2.16 bits per heavy atom. The Labute approximate surface area is 252 Å². The van der Waals surface area contributed by atoms with E-state index in [2.05, 4.69) is 14.7 Å². The maximum atomic E-state index is 13.6. The molecule has 0 spiro atoms. The van der Waals surface area contributed by atoms with Gasteiger partial charge in [0, 0.05) is 31.4 Å². The minimum atomic E-state index is -4.90. The largest absolute Gasteiger partial charge is 0.573 e. The maximum Gasteiger partial charge on any atom is 0.573 e. The molecule has 0 aliphatic heterocycles. The third kappa shape index (κ3) is 6.88. The van der Waals surface area contributed by atoms with E-state index < -0.39 is 39.8 Å². The summed E-state index contributed by atoms with van der Waals surface area (Å²) in [5, 5.41) is 0. The van der Waals surface area contributed by atoms with Crippen LogP contribution in [0.25, 0.3) is 39.4 Å². The summed E-state index contributed by atoms with van der Waals surface area (Å²) in [5.74, 6) is -0.716. The quantitative estimate of drug-likeness (QED) is 0.158. The first kappa shape index (κ1) is 31.8. The maximum absolute atomic E-state index is 13.6. The van der Waals surface area contributed by atoms with Crippen LogP contribution < -0.4 is 4.74 Å². The first-order valence-electron chi connectivity index (χ1n) is 13.0. The van der Waals surface area contributed by atoms with Crippen molar-refractivity contribution in [1.82, 2.24) is 14.5 Å². The second kappa shape index (κ2) is 11.7. The number of imidazole rings is 1. The number of hydrogen-bond donors (Lipinski definition) is 0. The Bertz CT molecular complexity index is 1960. The summed E-state index contributed by atoms with van der Waals surface area (Å²) >= 11 is 0. The number of hydrogen-bond acceptors (Lipinski definition) is 7. The average Bonchev–Trinajstić information content (AvgIpc) is 3.55. The molecule has 0 N–H and O–H groups in total. The van der Waals surface area contributed by atoms with E-state index in [1.807, 2.05) is 0 Å². The molecular formula is C30H23F6N3O5S. The zero-order valence-corrected chi connectivity index (χ0v) is 24.5. The van der Waals surface area contributed by atoms with Gasteiger partial charge in [-0.2, -0.15) is 13.2 Å². The van der Waals surface area contributed by atoms with E-state index >= 15 is 0 Å². The molecular weight excluding hydrogens is 628 g/mol. The fourth-order valence-corrected chi connectivity index (χ4v) is 5.71. The van der Waals surface area contributed by atoms with Crippen molar-refractivity contribution in [3.63, 3.8) is 0 Å². The van der Waals surface area contributed by atoms with E-state index in [-0.39, 0.29) is 39.3 Å². The van der Waals surface area contributed by atoms with E-state index in [0.29, 0.717) is 16.7 Å². The molecule has 5 rings (SSSR count). The number of nitrogens with zero attached hydrogens (tertiary/aromatic N) is 3. The zero-order valence-electron chi connectivity index (χ0n) is 23.7. The molecule has 0 saturated heterocycles. The molecule has 0 atom stereocenters. The van der Waals surface area contributed by atoms with Gasteiger partial charge in [-0.05, 0) is 66.6 Å². The summed E-state index contributed by atoms with van der Waals surface area (Å²) in [6.45, 7) is 2.93. The molecule has 0 saturated carbocycles. The van der Waals surface area contributed by atoms with Gasteiger partial charge < -0.3 is 18.5 Å². The van der Waals surface area contributed by atoms with Crippen LogP contribution in [0.2, 0.25) is 0 Å². The smallest absolute Gasteiger partial charge is 0.440 e. The van der Waals surface area contributed by atoms with Crippen molar-refractivity contribution in [3.05, 3.63) is 90.3 Å². The van der Waals surface area contributed by atoms with Gasteiger partial charge in [0.05, 0.1) is 10.6 Å². The van der Waals surface area contributed by atoms with Crippen molar-refractivity contribution in [2.24, 2.45) is 0 Å². The average molecular weight is 652 g/mol.